The molecular formula is C11H14F3NO. The van der Waals surface area contributed by atoms with E-state index in [0.29, 0.717) is 6.42 Å². The van der Waals surface area contributed by atoms with E-state index in [2.05, 4.69) is 0 Å². The summed E-state index contributed by atoms with van der Waals surface area (Å²) < 4.78 is 35.8. The quantitative estimate of drug-likeness (QED) is 0.839. The Bertz CT molecular complexity index is 338. The van der Waals surface area contributed by atoms with E-state index in [4.69, 9.17) is 10.8 Å². The monoisotopic (exact) mass is 233 g/mol. The SMILES string of the molecule is NC(CCC(F)(F)F)Cc1cccc(O)c1. The maximum atomic E-state index is 11.9. The molecule has 1 rings (SSSR count). The number of benzene rings is 1. The van der Waals surface area contributed by atoms with Crippen LogP contribution < -0.4 is 5.73 Å². The minimum Gasteiger partial charge on any atom is -0.508 e. The highest BCUT2D eigenvalue weighted by atomic mass is 19.4. The van der Waals surface area contributed by atoms with Gasteiger partial charge in [0.1, 0.15) is 5.75 Å². The first-order chi connectivity index (χ1) is 7.37. The van der Waals surface area contributed by atoms with Crippen LogP contribution in [-0.2, 0) is 6.42 Å². The molecule has 1 unspecified atom stereocenters. The zero-order chi connectivity index (χ0) is 12.2. The van der Waals surface area contributed by atoms with Crippen molar-refractivity contribution in [3.63, 3.8) is 0 Å². The Morgan fingerprint density at radius 3 is 2.56 bits per heavy atom. The highest BCUT2D eigenvalue weighted by molar-refractivity contribution is 5.27. The third-order valence-corrected chi connectivity index (χ3v) is 2.21. The molecule has 0 aromatic heterocycles. The second-order valence-electron chi connectivity index (χ2n) is 3.79. The van der Waals surface area contributed by atoms with Crippen LogP contribution in [0.25, 0.3) is 0 Å². The van der Waals surface area contributed by atoms with E-state index < -0.39 is 18.6 Å². The number of nitrogens with two attached hydrogens (primary N) is 1. The molecule has 0 aliphatic rings. The third-order valence-electron chi connectivity index (χ3n) is 2.21. The molecule has 0 spiro atoms. The molecule has 0 aliphatic heterocycles. The lowest BCUT2D eigenvalue weighted by atomic mass is 10.0. The Labute approximate surface area is 91.9 Å². The van der Waals surface area contributed by atoms with E-state index in [0.717, 1.165) is 5.56 Å². The van der Waals surface area contributed by atoms with E-state index >= 15 is 0 Å². The normalized spacial score (nSPS) is 13.8. The average Bonchev–Trinajstić information content (AvgIpc) is 2.14. The van der Waals surface area contributed by atoms with Crippen LogP contribution in [0, 0.1) is 0 Å². The summed E-state index contributed by atoms with van der Waals surface area (Å²) in [6.07, 6.45) is -4.78. The van der Waals surface area contributed by atoms with Gasteiger partial charge in [0.25, 0.3) is 0 Å². The Kier molecular flexibility index (Phi) is 4.18. The topological polar surface area (TPSA) is 46.2 Å². The second kappa shape index (κ2) is 5.21. The van der Waals surface area contributed by atoms with E-state index in [1.165, 1.54) is 12.1 Å². The summed E-state index contributed by atoms with van der Waals surface area (Å²) in [7, 11) is 0. The predicted molar refractivity (Wildman–Crippen MR) is 55.1 cm³/mol. The Morgan fingerprint density at radius 2 is 2.00 bits per heavy atom. The lowest BCUT2D eigenvalue weighted by Gasteiger charge is -2.13. The molecule has 1 aromatic carbocycles. The molecule has 0 bridgehead atoms. The molecule has 0 fully saturated rings. The van der Waals surface area contributed by atoms with Crippen molar-refractivity contribution in [3.05, 3.63) is 29.8 Å². The lowest BCUT2D eigenvalue weighted by Crippen LogP contribution is -2.25. The van der Waals surface area contributed by atoms with E-state index in [1.807, 2.05) is 0 Å². The molecule has 16 heavy (non-hydrogen) atoms. The van der Waals surface area contributed by atoms with Crippen LogP contribution in [0.5, 0.6) is 5.75 Å². The molecule has 3 N–H and O–H groups in total. The summed E-state index contributed by atoms with van der Waals surface area (Å²) in [5, 5.41) is 9.16. The van der Waals surface area contributed by atoms with E-state index in [1.54, 1.807) is 12.1 Å². The molecule has 0 saturated heterocycles. The molecular weight excluding hydrogens is 219 g/mol. The molecule has 0 saturated carbocycles. The molecule has 0 heterocycles. The van der Waals surface area contributed by atoms with E-state index in [-0.39, 0.29) is 12.2 Å². The molecule has 5 heteroatoms. The summed E-state index contributed by atoms with van der Waals surface area (Å²) in [6, 6.07) is 5.84. The van der Waals surface area contributed by atoms with Crippen molar-refractivity contribution < 1.29 is 18.3 Å². The molecule has 0 radical (unpaired) electrons. The van der Waals surface area contributed by atoms with Crippen molar-refractivity contribution >= 4 is 0 Å². The van der Waals surface area contributed by atoms with Crippen molar-refractivity contribution in [1.29, 1.82) is 0 Å². The summed E-state index contributed by atoms with van der Waals surface area (Å²) in [4.78, 5) is 0. The summed E-state index contributed by atoms with van der Waals surface area (Å²) in [6.45, 7) is 0. The van der Waals surface area contributed by atoms with Crippen molar-refractivity contribution in [2.24, 2.45) is 5.73 Å². The van der Waals surface area contributed by atoms with Crippen LogP contribution in [0.4, 0.5) is 13.2 Å². The molecule has 1 aromatic rings. The van der Waals surface area contributed by atoms with Crippen molar-refractivity contribution in [1.82, 2.24) is 0 Å². The van der Waals surface area contributed by atoms with Crippen LogP contribution >= 0.6 is 0 Å². The van der Waals surface area contributed by atoms with Crippen molar-refractivity contribution in [3.8, 4) is 5.75 Å². The maximum absolute atomic E-state index is 11.9. The van der Waals surface area contributed by atoms with Crippen LogP contribution in [0.15, 0.2) is 24.3 Å². The number of phenolic OH excluding ortho intramolecular Hbond substituents is 1. The van der Waals surface area contributed by atoms with Crippen LogP contribution in [0.2, 0.25) is 0 Å². The minimum atomic E-state index is -4.16. The smallest absolute Gasteiger partial charge is 0.389 e. The number of halogens is 3. The summed E-state index contributed by atoms with van der Waals surface area (Å²) in [5.41, 5.74) is 6.33. The number of rotatable bonds is 4. The molecule has 0 amide bonds. The first kappa shape index (κ1) is 12.8. The first-order valence-corrected chi connectivity index (χ1v) is 4.97. The van der Waals surface area contributed by atoms with E-state index in [9.17, 15) is 13.2 Å². The number of aromatic hydroxyl groups is 1. The highest BCUT2D eigenvalue weighted by Gasteiger charge is 2.27. The zero-order valence-corrected chi connectivity index (χ0v) is 8.67. The van der Waals surface area contributed by atoms with Gasteiger partial charge in [0.15, 0.2) is 0 Å². The third kappa shape index (κ3) is 5.02. The van der Waals surface area contributed by atoms with Gasteiger partial charge < -0.3 is 10.8 Å². The largest absolute Gasteiger partial charge is 0.508 e. The Balaban J connectivity index is 2.43. The number of alkyl halides is 3. The standard InChI is InChI=1S/C11H14F3NO/c12-11(13,14)5-4-9(15)6-8-2-1-3-10(16)7-8/h1-3,7,9,16H,4-6,15H2. The summed E-state index contributed by atoms with van der Waals surface area (Å²) >= 11 is 0. The van der Waals surface area contributed by atoms with Gasteiger partial charge in [0.05, 0.1) is 0 Å². The molecule has 90 valence electrons. The van der Waals surface area contributed by atoms with Gasteiger partial charge in [-0.25, -0.2) is 0 Å². The van der Waals surface area contributed by atoms with Gasteiger partial charge in [-0.3, -0.25) is 0 Å². The second-order valence-corrected chi connectivity index (χ2v) is 3.79. The number of phenols is 1. The van der Waals surface area contributed by atoms with Gasteiger partial charge in [-0.15, -0.1) is 0 Å². The fourth-order valence-electron chi connectivity index (χ4n) is 1.44. The predicted octanol–water partition coefficient (Wildman–Crippen LogP) is 2.60. The number of hydrogen-bond donors (Lipinski definition) is 2. The maximum Gasteiger partial charge on any atom is 0.389 e. The van der Waals surface area contributed by atoms with Gasteiger partial charge in [0, 0.05) is 12.5 Å². The van der Waals surface area contributed by atoms with Gasteiger partial charge in [0.2, 0.25) is 0 Å². The molecule has 1 atom stereocenters. The molecule has 2 nitrogen and oxygen atoms in total. The Hall–Kier alpha value is -1.23. The van der Waals surface area contributed by atoms with Crippen molar-refractivity contribution in [2.45, 2.75) is 31.5 Å². The first-order valence-electron chi connectivity index (χ1n) is 4.97. The fourth-order valence-corrected chi connectivity index (χ4v) is 1.44. The van der Waals surface area contributed by atoms with Crippen LogP contribution in [0.3, 0.4) is 0 Å². The highest BCUT2D eigenvalue weighted by Crippen LogP contribution is 2.23. The van der Waals surface area contributed by atoms with Gasteiger partial charge in [-0.2, -0.15) is 13.2 Å². The van der Waals surface area contributed by atoms with Crippen molar-refractivity contribution in [2.75, 3.05) is 0 Å². The van der Waals surface area contributed by atoms with Crippen LogP contribution in [0.1, 0.15) is 18.4 Å². The molecule has 0 aliphatic carbocycles. The fraction of sp³-hybridized carbons (Fsp3) is 0.455. The zero-order valence-electron chi connectivity index (χ0n) is 8.67. The van der Waals surface area contributed by atoms with Gasteiger partial charge in [-0.05, 0) is 30.5 Å². The van der Waals surface area contributed by atoms with Gasteiger partial charge in [-0.1, -0.05) is 12.1 Å². The summed E-state index contributed by atoms with van der Waals surface area (Å²) in [5.74, 6) is 0.0977. The Morgan fingerprint density at radius 1 is 1.31 bits per heavy atom. The average molecular weight is 233 g/mol. The minimum absolute atomic E-state index is 0.0977. The lowest BCUT2D eigenvalue weighted by molar-refractivity contribution is -0.136. The number of hydrogen-bond acceptors (Lipinski definition) is 2. The van der Waals surface area contributed by atoms with Crippen LogP contribution in [-0.4, -0.2) is 17.3 Å². The van der Waals surface area contributed by atoms with Gasteiger partial charge >= 0.3 is 6.18 Å².